The van der Waals surface area contributed by atoms with Crippen molar-refractivity contribution >= 4 is 55.9 Å². The van der Waals surface area contributed by atoms with Crippen molar-refractivity contribution in [1.29, 1.82) is 5.26 Å². The van der Waals surface area contributed by atoms with Crippen molar-refractivity contribution in [1.82, 2.24) is 34.0 Å². The summed E-state index contributed by atoms with van der Waals surface area (Å²) in [6, 6.07) is 17.3. The van der Waals surface area contributed by atoms with Crippen molar-refractivity contribution < 1.29 is 36.3 Å². The Hall–Kier alpha value is -7.02. The fourth-order valence-corrected chi connectivity index (χ4v) is 11.5. The third-order valence-electron chi connectivity index (χ3n) is 13.9. The summed E-state index contributed by atoms with van der Waals surface area (Å²) >= 11 is 0. The number of pyridine rings is 1. The molecular formula is C48H49F2N11O7S. The van der Waals surface area contributed by atoms with Crippen molar-refractivity contribution in [3.63, 3.8) is 0 Å². The molecule has 0 unspecified atom stereocenters. The fraction of sp³-hybridized carbons (Fsp3) is 0.396. The number of piperidine rings is 2. The molecule has 0 aliphatic carbocycles. The lowest BCUT2D eigenvalue weighted by atomic mass is 9.95. The van der Waals surface area contributed by atoms with E-state index in [2.05, 4.69) is 47.7 Å². The molecule has 0 bridgehead atoms. The number of halogens is 2. The van der Waals surface area contributed by atoms with E-state index in [4.69, 9.17) is 4.74 Å². The minimum Gasteiger partial charge on any atom is -0.453 e. The molecule has 69 heavy (non-hydrogen) atoms. The monoisotopic (exact) mass is 961 g/mol. The van der Waals surface area contributed by atoms with Gasteiger partial charge >= 0.3 is 10.2 Å². The summed E-state index contributed by atoms with van der Waals surface area (Å²) in [5.74, 6) is -1.52. The molecule has 10 rings (SSSR count). The molecule has 358 valence electrons. The first kappa shape index (κ1) is 45.7. The molecule has 21 heteroatoms. The van der Waals surface area contributed by atoms with Crippen LogP contribution in [0.4, 0.5) is 25.8 Å². The van der Waals surface area contributed by atoms with Crippen LogP contribution in [0.5, 0.6) is 11.5 Å². The van der Waals surface area contributed by atoms with Gasteiger partial charge in [-0.2, -0.15) is 18.0 Å². The quantitative estimate of drug-likeness (QED) is 0.176. The predicted octanol–water partition coefficient (Wildman–Crippen LogP) is 4.47. The van der Waals surface area contributed by atoms with E-state index in [9.17, 15) is 37.2 Å². The minimum absolute atomic E-state index is 0.00585. The number of carbonyl (C=O) groups is 3. The second-order valence-corrected chi connectivity index (χ2v) is 20.0. The third-order valence-corrected chi connectivity index (χ3v) is 15.4. The summed E-state index contributed by atoms with van der Waals surface area (Å²) in [4.78, 5) is 69.1. The van der Waals surface area contributed by atoms with Crippen LogP contribution in [-0.4, -0.2) is 125 Å². The highest BCUT2D eigenvalue weighted by Crippen LogP contribution is 2.36. The number of alkyl halides is 1. The number of anilines is 3. The Kier molecular flexibility index (Phi) is 12.2. The highest BCUT2D eigenvalue weighted by atomic mass is 32.2. The molecule has 3 atom stereocenters. The minimum atomic E-state index is -4.25. The largest absolute Gasteiger partial charge is 0.453 e. The van der Waals surface area contributed by atoms with E-state index < -0.39 is 51.0 Å². The number of ether oxygens (including phenoxy) is 1. The number of aromatic nitrogens is 3. The van der Waals surface area contributed by atoms with Crippen LogP contribution in [0.2, 0.25) is 0 Å². The summed E-state index contributed by atoms with van der Waals surface area (Å²) in [6.07, 6.45) is 4.48. The van der Waals surface area contributed by atoms with Gasteiger partial charge in [-0.3, -0.25) is 38.7 Å². The Morgan fingerprint density at radius 1 is 0.899 bits per heavy atom. The van der Waals surface area contributed by atoms with Gasteiger partial charge in [-0.05, 0) is 105 Å². The molecule has 7 heterocycles. The highest BCUT2D eigenvalue weighted by Gasteiger charge is 2.40. The number of carbonyl (C=O) groups excluding carboxylic acids is 3. The predicted molar refractivity (Wildman–Crippen MR) is 251 cm³/mol. The Morgan fingerprint density at radius 2 is 1.71 bits per heavy atom. The summed E-state index contributed by atoms with van der Waals surface area (Å²) in [5.41, 5.74) is 2.68. The van der Waals surface area contributed by atoms with Crippen LogP contribution in [0, 0.1) is 23.1 Å². The van der Waals surface area contributed by atoms with Crippen molar-refractivity contribution in [2.24, 2.45) is 5.92 Å². The molecule has 0 saturated carbocycles. The van der Waals surface area contributed by atoms with Gasteiger partial charge in [-0.15, -0.1) is 0 Å². The molecule has 0 radical (unpaired) electrons. The topological polar surface area (TPSA) is 206 Å². The maximum Gasteiger partial charge on any atom is 0.301 e. The average Bonchev–Trinajstić information content (AvgIpc) is 3.93. The van der Waals surface area contributed by atoms with Gasteiger partial charge in [0.25, 0.3) is 11.5 Å². The highest BCUT2D eigenvalue weighted by molar-refractivity contribution is 7.90. The molecule has 4 saturated heterocycles. The van der Waals surface area contributed by atoms with E-state index in [0.29, 0.717) is 35.8 Å². The molecule has 2 N–H and O–H groups in total. The Bertz CT molecular complexity index is 3090. The van der Waals surface area contributed by atoms with Crippen LogP contribution in [0.1, 0.15) is 60.5 Å². The van der Waals surface area contributed by atoms with Crippen molar-refractivity contribution in [2.45, 2.75) is 63.8 Å². The van der Waals surface area contributed by atoms with Crippen molar-refractivity contribution in [3.05, 3.63) is 106 Å². The number of nitrogens with zero attached hydrogens (tertiary/aromatic N) is 9. The Morgan fingerprint density at radius 3 is 2.43 bits per heavy atom. The van der Waals surface area contributed by atoms with E-state index in [-0.39, 0.29) is 60.6 Å². The lowest BCUT2D eigenvalue weighted by Crippen LogP contribution is -2.53. The normalized spacial score (nSPS) is 21.7. The first-order chi connectivity index (χ1) is 33.2. The molecular weight excluding hydrogens is 913 g/mol. The first-order valence-corrected chi connectivity index (χ1v) is 24.5. The summed E-state index contributed by atoms with van der Waals surface area (Å²) in [7, 11) is -4.25. The number of benzene rings is 3. The van der Waals surface area contributed by atoms with E-state index >= 15 is 4.39 Å². The van der Waals surface area contributed by atoms with Crippen LogP contribution in [0.3, 0.4) is 0 Å². The molecule has 4 fully saturated rings. The number of fused-ring (bicyclic) bond motifs is 2. The molecule has 0 spiro atoms. The van der Waals surface area contributed by atoms with E-state index in [1.54, 1.807) is 23.2 Å². The summed E-state index contributed by atoms with van der Waals surface area (Å²) in [6.45, 7) is 7.53. The van der Waals surface area contributed by atoms with Gasteiger partial charge in [0.05, 0.1) is 28.5 Å². The van der Waals surface area contributed by atoms with Crippen LogP contribution in [-0.2, 0) is 26.3 Å². The van der Waals surface area contributed by atoms with E-state index in [1.807, 2.05) is 18.2 Å². The number of hydrogen-bond donors (Lipinski definition) is 2. The zero-order valence-electron chi connectivity index (χ0n) is 37.7. The molecule has 3 aromatic carbocycles. The number of piperazine rings is 1. The van der Waals surface area contributed by atoms with Crippen molar-refractivity contribution in [2.75, 3.05) is 66.9 Å². The SMILES string of the molecule is C[C@H]1CN(CC2CCN(c3ccc4c(c3)CN([C@H]3CCC(=O)NC3=O)C4=O)CC2)CCN1c1ccc(-n2cnc3ccc(Oc4c(F)ccc(NS(=O)(=O)N5CC[C@@H](F)C5)c4C#N)cc3c2=O)nc1. The van der Waals surface area contributed by atoms with Gasteiger partial charge in [0.15, 0.2) is 11.6 Å². The maximum absolute atomic E-state index is 15.2. The Balaban J connectivity index is 0.746. The van der Waals surface area contributed by atoms with Gasteiger partial charge in [0, 0.05) is 82.6 Å². The van der Waals surface area contributed by atoms with Crippen LogP contribution >= 0.6 is 0 Å². The molecule has 18 nitrogen and oxygen atoms in total. The van der Waals surface area contributed by atoms with Gasteiger partial charge in [-0.25, -0.2) is 18.7 Å². The number of imide groups is 1. The number of nitriles is 1. The summed E-state index contributed by atoms with van der Waals surface area (Å²) in [5, 5.41) is 12.5. The van der Waals surface area contributed by atoms with Gasteiger partial charge in [0.1, 0.15) is 41.7 Å². The van der Waals surface area contributed by atoms with Crippen LogP contribution < -0.4 is 30.1 Å². The van der Waals surface area contributed by atoms with Gasteiger partial charge in [-0.1, -0.05) is 0 Å². The second-order valence-electron chi connectivity index (χ2n) is 18.3. The zero-order chi connectivity index (χ0) is 48.1. The lowest BCUT2D eigenvalue weighted by molar-refractivity contribution is -0.136. The molecule has 3 amide bonds. The molecule has 5 aromatic rings. The number of rotatable bonds is 11. The average molecular weight is 962 g/mol. The zero-order valence-corrected chi connectivity index (χ0v) is 38.5. The molecule has 2 aromatic heterocycles. The van der Waals surface area contributed by atoms with Gasteiger partial charge < -0.3 is 19.4 Å². The summed E-state index contributed by atoms with van der Waals surface area (Å²) < 4.78 is 65.1. The van der Waals surface area contributed by atoms with E-state index in [1.165, 1.54) is 29.1 Å². The molecule has 5 aliphatic rings. The standard InChI is InChI=1S/C48H49F2N11O7S/c1-29-24-56(25-30-12-15-57(16-13-30)33-2-5-36-31(20-33)26-60(47(36)64)42-9-11-44(62)54-46(42)63)18-19-59(29)34-3-10-43(52-23-34)61-28-53-40-7-4-35(21-37(40)48(61)65)68-45-38(22-51)41(8-6-39(45)50)55-69(66,67)58-17-14-32(49)27-58/h2-8,10,20-21,23,28-30,32,42,55H,9,11-19,24-27H2,1H3,(H,54,62,63)/t29-,32+,42-/m0/s1. The molecule has 5 aliphatic heterocycles. The maximum atomic E-state index is 15.2. The smallest absolute Gasteiger partial charge is 0.301 e. The second kappa shape index (κ2) is 18.5. The number of amides is 3. The first-order valence-electron chi connectivity index (χ1n) is 23.0. The van der Waals surface area contributed by atoms with Crippen molar-refractivity contribution in [3.8, 4) is 23.4 Å². The Labute approximate surface area is 396 Å². The third kappa shape index (κ3) is 9.06. The number of hydrogen-bond acceptors (Lipinski definition) is 13. The fourth-order valence-electron chi connectivity index (χ4n) is 10.2. The van der Waals surface area contributed by atoms with Crippen LogP contribution in [0.15, 0.2) is 78.0 Å². The number of nitrogens with one attached hydrogen (secondary N) is 2. The van der Waals surface area contributed by atoms with Gasteiger partial charge in [0.2, 0.25) is 11.8 Å². The lowest BCUT2D eigenvalue weighted by Gasteiger charge is -2.43. The van der Waals surface area contributed by atoms with E-state index in [0.717, 1.165) is 85.5 Å². The van der Waals surface area contributed by atoms with Crippen LogP contribution in [0.25, 0.3) is 16.7 Å².